The Labute approximate surface area is 35.9 Å². The molecule has 0 fully saturated rings. The Morgan fingerprint density at radius 2 is 1.25 bits per heavy atom. The summed E-state index contributed by atoms with van der Waals surface area (Å²) in [5, 5.41) is 7.00. The van der Waals surface area contributed by atoms with E-state index in [1.54, 1.807) is 0 Å². The lowest BCUT2D eigenvalue weighted by molar-refractivity contribution is 0.399. The molecule has 0 aromatic rings. The van der Waals surface area contributed by atoms with Gasteiger partial charge in [-0.3, -0.25) is 0 Å². The lowest BCUT2D eigenvalue weighted by Gasteiger charge is -1.21. The van der Waals surface area contributed by atoms with E-state index in [1.807, 2.05) is 0 Å². The highest BCUT2D eigenvalue weighted by Gasteiger charge is 0.839. The van der Waals surface area contributed by atoms with E-state index in [0.717, 1.165) is 7.11 Å². The second-order valence-corrected chi connectivity index (χ2v) is 0. The van der Waals surface area contributed by atoms with Crippen molar-refractivity contribution in [1.29, 1.82) is 0 Å². The van der Waals surface area contributed by atoms with Crippen molar-refractivity contribution in [3.05, 3.63) is 0 Å². The van der Waals surface area contributed by atoms with Crippen molar-refractivity contribution >= 4 is 17.4 Å². The zero-order valence-corrected chi connectivity index (χ0v) is 1.95. The lowest BCUT2D eigenvalue weighted by Crippen LogP contribution is -1.25. The molecule has 0 aromatic heterocycles. The van der Waals surface area contributed by atoms with E-state index >= 15 is 0 Å². The second-order valence-electron chi connectivity index (χ2n) is 0. The first-order valence-corrected chi connectivity index (χ1v) is 0.447. The van der Waals surface area contributed by atoms with Crippen molar-refractivity contribution in [3.63, 3.8) is 0 Å². The third-order valence-electron chi connectivity index (χ3n) is 0. The molecule has 0 aliphatic heterocycles. The molecular weight excluding hydrogens is 71.0 g/mol. The summed E-state index contributed by atoms with van der Waals surface area (Å²) < 4.78 is 0. The lowest BCUT2D eigenvalue weighted by atomic mass is 11.8. The summed E-state index contributed by atoms with van der Waals surface area (Å²) in [6.07, 6.45) is 0. The van der Waals surface area contributed by atoms with Crippen LogP contribution in [0.25, 0.3) is 0 Å². The number of aliphatic hydroxyl groups excluding tert-OH is 1. The Kier molecular flexibility index (Phi) is 638. The molecule has 0 heterocycles. The van der Waals surface area contributed by atoms with Gasteiger partial charge < -0.3 is 10.6 Å². The molecule has 0 saturated carbocycles. The zero-order chi connectivity index (χ0) is 2.00. The summed E-state index contributed by atoms with van der Waals surface area (Å²) in [6, 6.07) is 0. The Balaban J connectivity index is -0.00000000500. The standard InChI is InChI=1S/CH4O.Al.H2O.3H/c1-2;;;;;/h2H,1H3;;1H2;;;. The van der Waals surface area contributed by atoms with Crippen molar-refractivity contribution in [1.82, 2.24) is 0 Å². The first kappa shape index (κ1) is 25.2. The molecule has 0 rings (SSSR count). The highest BCUT2D eigenvalue weighted by molar-refractivity contribution is 5.75. The van der Waals surface area contributed by atoms with E-state index in [2.05, 4.69) is 0 Å². The molecule has 0 aromatic carbocycles. The average Bonchev–Trinajstić information content (AvgIpc) is 1.00. The van der Waals surface area contributed by atoms with Crippen LogP contribution in [-0.4, -0.2) is 35.1 Å². The SMILES string of the molecule is CO.O.[AlH3]. The summed E-state index contributed by atoms with van der Waals surface area (Å²) in [5.74, 6) is 0. The Morgan fingerprint density at radius 3 is 1.25 bits per heavy atom. The molecule has 2 nitrogen and oxygen atoms in total. The quantitative estimate of drug-likeness (QED) is 0.324. The van der Waals surface area contributed by atoms with Crippen LogP contribution in [0.4, 0.5) is 0 Å². The summed E-state index contributed by atoms with van der Waals surface area (Å²) in [4.78, 5) is 0. The molecule has 4 heavy (non-hydrogen) atoms. The fourth-order valence-corrected chi connectivity index (χ4v) is 0. The molecule has 0 atom stereocenters. The summed E-state index contributed by atoms with van der Waals surface area (Å²) in [7, 11) is 1.00. The van der Waals surface area contributed by atoms with Crippen molar-refractivity contribution < 1.29 is 10.6 Å². The Morgan fingerprint density at radius 1 is 1.25 bits per heavy atom. The molecule has 28 valence electrons. The molecule has 0 saturated heterocycles. The maximum atomic E-state index is 7.00. The maximum Gasteiger partial charge on any atom is 0.187 e. The normalized spacial score (nSPS) is 1.50. The van der Waals surface area contributed by atoms with Gasteiger partial charge in [0.25, 0.3) is 0 Å². The van der Waals surface area contributed by atoms with Crippen LogP contribution in [0.15, 0.2) is 0 Å². The highest BCUT2D eigenvalue weighted by Crippen LogP contribution is 0.755. The van der Waals surface area contributed by atoms with E-state index in [4.69, 9.17) is 5.11 Å². The third-order valence-corrected chi connectivity index (χ3v) is 0. The first-order valence-electron chi connectivity index (χ1n) is 0.447. The molecule has 0 aliphatic carbocycles. The van der Waals surface area contributed by atoms with Gasteiger partial charge in [-0.1, -0.05) is 0 Å². The minimum Gasteiger partial charge on any atom is -0.412 e. The largest absolute Gasteiger partial charge is 0.412 e. The van der Waals surface area contributed by atoms with Gasteiger partial charge in [-0.15, -0.1) is 0 Å². The van der Waals surface area contributed by atoms with E-state index < -0.39 is 0 Å². The molecular formula is CH9AlO2. The number of hydrogen-bond acceptors (Lipinski definition) is 1. The zero-order valence-electron chi connectivity index (χ0n) is 1.95. The van der Waals surface area contributed by atoms with E-state index in [-0.39, 0.29) is 22.8 Å². The number of hydrogen-bond donors (Lipinski definition) is 1. The predicted octanol–water partition coefficient (Wildman–Crippen LogP) is -2.40. The van der Waals surface area contributed by atoms with Gasteiger partial charge in [-0.05, 0) is 0 Å². The van der Waals surface area contributed by atoms with E-state index in [1.165, 1.54) is 0 Å². The number of aliphatic hydroxyl groups is 1. The topological polar surface area (TPSA) is 51.7 Å². The fraction of sp³-hybridized carbons (Fsp3) is 1.00. The van der Waals surface area contributed by atoms with E-state index in [9.17, 15) is 0 Å². The van der Waals surface area contributed by atoms with Crippen LogP contribution < -0.4 is 0 Å². The molecule has 3 N–H and O–H groups in total. The second kappa shape index (κ2) is 101. The van der Waals surface area contributed by atoms with Gasteiger partial charge in [0, 0.05) is 7.11 Å². The summed E-state index contributed by atoms with van der Waals surface area (Å²) in [6.45, 7) is 0. The van der Waals surface area contributed by atoms with Gasteiger partial charge in [0.2, 0.25) is 0 Å². The van der Waals surface area contributed by atoms with Crippen molar-refractivity contribution in [2.24, 2.45) is 0 Å². The maximum absolute atomic E-state index is 7.00. The van der Waals surface area contributed by atoms with E-state index in [0.29, 0.717) is 0 Å². The van der Waals surface area contributed by atoms with Crippen molar-refractivity contribution in [2.75, 3.05) is 7.11 Å². The average molecular weight is 80.1 g/mol. The highest BCUT2D eigenvalue weighted by atomic mass is 27.0. The van der Waals surface area contributed by atoms with Crippen molar-refractivity contribution in [3.8, 4) is 0 Å². The Bertz CT molecular complexity index is 6.00. The monoisotopic (exact) mass is 80.0 g/mol. The van der Waals surface area contributed by atoms with Crippen LogP contribution in [0.3, 0.4) is 0 Å². The summed E-state index contributed by atoms with van der Waals surface area (Å²) >= 11 is 0. The molecule has 0 bridgehead atoms. The van der Waals surface area contributed by atoms with Gasteiger partial charge in [0.1, 0.15) is 0 Å². The van der Waals surface area contributed by atoms with Crippen molar-refractivity contribution in [2.45, 2.75) is 0 Å². The molecule has 3 heteroatoms. The summed E-state index contributed by atoms with van der Waals surface area (Å²) in [5.41, 5.74) is 0. The van der Waals surface area contributed by atoms with Crippen LogP contribution in [0.1, 0.15) is 0 Å². The van der Waals surface area contributed by atoms with Gasteiger partial charge in [-0.2, -0.15) is 0 Å². The predicted molar refractivity (Wildman–Crippen MR) is 21.7 cm³/mol. The molecule has 0 unspecified atom stereocenters. The van der Waals surface area contributed by atoms with Gasteiger partial charge in [0.05, 0.1) is 0 Å². The molecule has 0 spiro atoms. The number of rotatable bonds is 0. The van der Waals surface area contributed by atoms with Crippen LogP contribution in [-0.2, 0) is 0 Å². The molecule has 0 amide bonds. The van der Waals surface area contributed by atoms with Crippen LogP contribution in [0.5, 0.6) is 0 Å². The fourth-order valence-electron chi connectivity index (χ4n) is 0. The minimum atomic E-state index is 0. The Hall–Kier alpha value is 0.452. The third kappa shape index (κ3) is 25.3. The van der Waals surface area contributed by atoms with Crippen LogP contribution >= 0.6 is 0 Å². The van der Waals surface area contributed by atoms with Gasteiger partial charge in [-0.25, -0.2) is 0 Å². The van der Waals surface area contributed by atoms with Crippen LogP contribution in [0, 0.1) is 0 Å². The van der Waals surface area contributed by atoms with Gasteiger partial charge in [0.15, 0.2) is 17.4 Å². The first-order chi connectivity index (χ1) is 1.00. The van der Waals surface area contributed by atoms with Crippen LogP contribution in [0.2, 0.25) is 0 Å². The smallest absolute Gasteiger partial charge is 0.187 e. The molecule has 0 aliphatic rings. The minimum absolute atomic E-state index is 0. The molecule has 0 radical (unpaired) electrons. The van der Waals surface area contributed by atoms with Gasteiger partial charge >= 0.3 is 0 Å².